The van der Waals surface area contributed by atoms with Gasteiger partial charge in [-0.1, -0.05) is 13.8 Å². The number of hydrogen-bond acceptors (Lipinski definition) is 3. The summed E-state index contributed by atoms with van der Waals surface area (Å²) >= 11 is 0. The van der Waals surface area contributed by atoms with E-state index in [0.717, 1.165) is 6.54 Å². The average molecular weight is 115 g/mol. The van der Waals surface area contributed by atoms with Crippen LogP contribution < -0.4 is 16.4 Å². The van der Waals surface area contributed by atoms with Crippen molar-refractivity contribution in [2.75, 3.05) is 6.54 Å². The number of hydrogen-bond donors (Lipinski definition) is 3. The molecule has 0 spiro atoms. The van der Waals surface area contributed by atoms with Crippen LogP contribution in [-0.2, 0) is 0 Å². The Kier molecular flexibility index (Phi) is 1.83. The highest BCUT2D eigenvalue weighted by atomic mass is 15.6. The summed E-state index contributed by atoms with van der Waals surface area (Å²) < 4.78 is 0. The molecule has 0 aromatic rings. The molecular formula is C5H13N3. The van der Waals surface area contributed by atoms with Gasteiger partial charge in [0.2, 0.25) is 0 Å². The third-order valence-electron chi connectivity index (χ3n) is 1.47. The molecule has 3 heteroatoms. The van der Waals surface area contributed by atoms with Crippen LogP contribution in [0, 0.1) is 5.92 Å². The van der Waals surface area contributed by atoms with E-state index in [4.69, 9.17) is 0 Å². The second-order valence-electron chi connectivity index (χ2n) is 2.50. The van der Waals surface area contributed by atoms with E-state index in [0.29, 0.717) is 12.0 Å². The Labute approximate surface area is 49.8 Å². The molecular weight excluding hydrogens is 102 g/mol. The van der Waals surface area contributed by atoms with Crippen molar-refractivity contribution >= 4 is 0 Å². The normalized spacial score (nSPS) is 29.6. The molecule has 1 rings (SSSR count). The van der Waals surface area contributed by atoms with Gasteiger partial charge in [-0.25, -0.2) is 10.9 Å². The Hall–Kier alpha value is -0.120. The molecule has 1 heterocycles. The summed E-state index contributed by atoms with van der Waals surface area (Å²) in [6.45, 7) is 5.43. The van der Waals surface area contributed by atoms with E-state index in [1.165, 1.54) is 0 Å². The Bertz CT molecular complexity index is 66.1. The van der Waals surface area contributed by atoms with Crippen molar-refractivity contribution in [2.24, 2.45) is 5.92 Å². The monoisotopic (exact) mass is 115 g/mol. The second-order valence-corrected chi connectivity index (χ2v) is 2.50. The van der Waals surface area contributed by atoms with E-state index < -0.39 is 0 Å². The quantitative estimate of drug-likeness (QED) is 0.436. The lowest BCUT2D eigenvalue weighted by molar-refractivity contribution is 0.443. The van der Waals surface area contributed by atoms with E-state index in [-0.39, 0.29) is 0 Å². The summed E-state index contributed by atoms with van der Waals surface area (Å²) in [5.74, 6) is 0.706. The average Bonchev–Trinajstić information content (AvgIpc) is 2.12. The summed E-state index contributed by atoms with van der Waals surface area (Å²) in [5, 5.41) is 0. The minimum Gasteiger partial charge on any atom is -0.243 e. The highest BCUT2D eigenvalue weighted by Crippen LogP contribution is 1.99. The van der Waals surface area contributed by atoms with Crippen molar-refractivity contribution in [1.29, 1.82) is 0 Å². The molecule has 1 aliphatic rings. The lowest BCUT2D eigenvalue weighted by Gasteiger charge is -2.10. The van der Waals surface area contributed by atoms with E-state index in [1.807, 2.05) is 0 Å². The van der Waals surface area contributed by atoms with Crippen LogP contribution in [0.4, 0.5) is 0 Å². The highest BCUT2D eigenvalue weighted by molar-refractivity contribution is 4.73. The van der Waals surface area contributed by atoms with E-state index in [1.54, 1.807) is 0 Å². The molecule has 1 aliphatic heterocycles. The predicted octanol–water partition coefficient (Wildman–Crippen LogP) is -0.377. The van der Waals surface area contributed by atoms with Crippen LogP contribution in [0.15, 0.2) is 0 Å². The Morgan fingerprint density at radius 3 is 2.50 bits per heavy atom. The Morgan fingerprint density at radius 2 is 2.25 bits per heavy atom. The van der Waals surface area contributed by atoms with Crippen LogP contribution >= 0.6 is 0 Å². The molecule has 0 bridgehead atoms. The molecule has 0 aromatic carbocycles. The summed E-state index contributed by atoms with van der Waals surface area (Å²) in [5.41, 5.74) is 8.94. The lowest BCUT2D eigenvalue weighted by atomic mass is 10.1. The van der Waals surface area contributed by atoms with Gasteiger partial charge in [-0.2, -0.15) is 5.53 Å². The minimum atomic E-state index is 0.593. The largest absolute Gasteiger partial charge is 0.243 e. The molecule has 8 heavy (non-hydrogen) atoms. The van der Waals surface area contributed by atoms with Crippen molar-refractivity contribution in [3.63, 3.8) is 0 Å². The molecule has 1 unspecified atom stereocenters. The lowest BCUT2D eigenvalue weighted by Crippen LogP contribution is -2.35. The van der Waals surface area contributed by atoms with Crippen LogP contribution in [0.5, 0.6) is 0 Å². The first kappa shape index (κ1) is 6.01. The van der Waals surface area contributed by atoms with Gasteiger partial charge in [-0.15, -0.1) is 0 Å². The van der Waals surface area contributed by atoms with Gasteiger partial charge in [0.15, 0.2) is 0 Å². The Balaban J connectivity index is 2.24. The van der Waals surface area contributed by atoms with Crippen LogP contribution in [0.2, 0.25) is 0 Å². The summed E-state index contributed by atoms with van der Waals surface area (Å²) in [6, 6.07) is 0.593. The van der Waals surface area contributed by atoms with Crippen molar-refractivity contribution in [3.8, 4) is 0 Å². The topological polar surface area (TPSA) is 36.1 Å². The maximum atomic E-state index is 3.09. The molecule has 0 radical (unpaired) electrons. The summed E-state index contributed by atoms with van der Waals surface area (Å²) in [6.07, 6.45) is 0. The molecule has 0 amide bonds. The molecule has 1 atom stereocenters. The fourth-order valence-corrected chi connectivity index (χ4v) is 0.758. The van der Waals surface area contributed by atoms with Crippen molar-refractivity contribution in [2.45, 2.75) is 19.9 Å². The maximum absolute atomic E-state index is 3.09. The van der Waals surface area contributed by atoms with Gasteiger partial charge in [0.1, 0.15) is 0 Å². The van der Waals surface area contributed by atoms with Crippen LogP contribution in [0.1, 0.15) is 13.8 Å². The second kappa shape index (κ2) is 2.44. The van der Waals surface area contributed by atoms with Crippen LogP contribution in [0.3, 0.4) is 0 Å². The SMILES string of the molecule is CC(C)C1CNNN1. The summed E-state index contributed by atoms with van der Waals surface area (Å²) in [4.78, 5) is 0. The van der Waals surface area contributed by atoms with Gasteiger partial charge in [-0.3, -0.25) is 0 Å². The smallest absolute Gasteiger partial charge is 0.0388 e. The molecule has 0 aromatic heterocycles. The first-order valence-corrected chi connectivity index (χ1v) is 3.04. The van der Waals surface area contributed by atoms with Crippen molar-refractivity contribution in [1.82, 2.24) is 16.4 Å². The number of hydrazine groups is 2. The molecule has 3 N–H and O–H groups in total. The first-order valence-electron chi connectivity index (χ1n) is 3.04. The van der Waals surface area contributed by atoms with Crippen molar-refractivity contribution < 1.29 is 0 Å². The van der Waals surface area contributed by atoms with Gasteiger partial charge in [-0.05, 0) is 5.92 Å². The van der Waals surface area contributed by atoms with Crippen LogP contribution in [0.25, 0.3) is 0 Å². The van der Waals surface area contributed by atoms with Crippen molar-refractivity contribution in [3.05, 3.63) is 0 Å². The number of rotatable bonds is 1. The molecule has 0 saturated carbocycles. The standard InChI is InChI=1S/C5H13N3/c1-4(2)5-3-6-8-7-5/h4-8H,3H2,1-2H3. The van der Waals surface area contributed by atoms with Gasteiger partial charge < -0.3 is 0 Å². The van der Waals surface area contributed by atoms with Gasteiger partial charge in [0.05, 0.1) is 0 Å². The fourth-order valence-electron chi connectivity index (χ4n) is 0.758. The summed E-state index contributed by atoms with van der Waals surface area (Å²) in [7, 11) is 0. The first-order chi connectivity index (χ1) is 3.80. The minimum absolute atomic E-state index is 0.593. The van der Waals surface area contributed by atoms with Gasteiger partial charge >= 0.3 is 0 Å². The number of nitrogens with one attached hydrogen (secondary N) is 3. The third-order valence-corrected chi connectivity index (χ3v) is 1.47. The molecule has 1 fully saturated rings. The van der Waals surface area contributed by atoms with E-state index in [2.05, 4.69) is 30.2 Å². The zero-order chi connectivity index (χ0) is 5.98. The van der Waals surface area contributed by atoms with E-state index in [9.17, 15) is 0 Å². The highest BCUT2D eigenvalue weighted by Gasteiger charge is 2.15. The molecule has 48 valence electrons. The molecule has 1 saturated heterocycles. The zero-order valence-electron chi connectivity index (χ0n) is 5.36. The molecule has 3 nitrogen and oxygen atoms in total. The predicted molar refractivity (Wildman–Crippen MR) is 32.9 cm³/mol. The van der Waals surface area contributed by atoms with Gasteiger partial charge in [0.25, 0.3) is 0 Å². The third kappa shape index (κ3) is 1.18. The zero-order valence-corrected chi connectivity index (χ0v) is 5.36. The van der Waals surface area contributed by atoms with Crippen LogP contribution in [-0.4, -0.2) is 12.6 Å². The fraction of sp³-hybridized carbons (Fsp3) is 1.00. The van der Waals surface area contributed by atoms with Gasteiger partial charge in [0, 0.05) is 12.6 Å². The van der Waals surface area contributed by atoms with E-state index >= 15 is 0 Å². The Morgan fingerprint density at radius 1 is 1.50 bits per heavy atom. The molecule has 0 aliphatic carbocycles. The maximum Gasteiger partial charge on any atom is 0.0388 e.